The molecule has 2 aliphatic carbocycles. The van der Waals surface area contributed by atoms with Gasteiger partial charge in [0.15, 0.2) is 0 Å². The molecule has 0 saturated heterocycles. The van der Waals surface area contributed by atoms with Gasteiger partial charge in [-0.3, -0.25) is 9.78 Å². The van der Waals surface area contributed by atoms with Crippen LogP contribution in [0.4, 0.5) is 4.39 Å². The van der Waals surface area contributed by atoms with Crippen LogP contribution in [0.3, 0.4) is 0 Å². The van der Waals surface area contributed by atoms with Crippen molar-refractivity contribution in [3.63, 3.8) is 0 Å². The number of rotatable bonds is 5. The molecule has 2 nitrogen and oxygen atoms in total. The first-order chi connectivity index (χ1) is 15.0. The van der Waals surface area contributed by atoms with Crippen molar-refractivity contribution in [1.82, 2.24) is 4.98 Å². The zero-order valence-electron chi connectivity index (χ0n) is 17.7. The van der Waals surface area contributed by atoms with Crippen LogP contribution < -0.4 is 0 Å². The fourth-order valence-electron chi connectivity index (χ4n) is 6.05. The van der Waals surface area contributed by atoms with Gasteiger partial charge in [-0.2, -0.15) is 0 Å². The van der Waals surface area contributed by atoms with Crippen molar-refractivity contribution in [2.24, 2.45) is 23.7 Å². The Morgan fingerprint density at radius 2 is 1.77 bits per heavy atom. The van der Waals surface area contributed by atoms with E-state index in [0.29, 0.717) is 40.9 Å². The predicted octanol–water partition coefficient (Wildman–Crippen LogP) is 7.00. The van der Waals surface area contributed by atoms with Gasteiger partial charge in [0, 0.05) is 28.9 Å². The van der Waals surface area contributed by atoms with Crippen LogP contribution in [0.2, 0.25) is 5.02 Å². The largest absolute Gasteiger partial charge is 0.299 e. The standard InChI is InChI=1S/C27H27ClFNO/c1-16(27(31)10-17-2-4-22(28)5-3-17)18-11-19-13-21(14-20(19)12-18)24-8-9-30-26-7-6-23(29)15-25(24)26/h2-9,15-16,18-21H,10-14H2,1H3/t16?,18?,19-,20+,21?. The van der Waals surface area contributed by atoms with Crippen LogP contribution in [-0.4, -0.2) is 10.8 Å². The number of aromatic nitrogens is 1. The maximum Gasteiger partial charge on any atom is 0.140 e. The first kappa shape index (κ1) is 20.6. The molecule has 2 aromatic carbocycles. The van der Waals surface area contributed by atoms with Gasteiger partial charge in [0.1, 0.15) is 11.6 Å². The second kappa shape index (κ2) is 8.35. The minimum Gasteiger partial charge on any atom is -0.299 e. The van der Waals surface area contributed by atoms with Gasteiger partial charge in [-0.25, -0.2) is 4.39 Å². The lowest BCUT2D eigenvalue weighted by Crippen LogP contribution is -2.21. The molecule has 4 heteroatoms. The number of nitrogens with zero attached hydrogens (tertiary/aromatic N) is 1. The zero-order chi connectivity index (χ0) is 21.5. The minimum absolute atomic E-state index is 0.0931. The SMILES string of the molecule is CC(C(=O)Cc1ccc(Cl)cc1)C1C[C@H]2CC(c3ccnc4ccc(F)cc34)C[C@H]2C1. The molecule has 5 rings (SSSR count). The molecule has 1 heterocycles. The highest BCUT2D eigenvalue weighted by molar-refractivity contribution is 6.30. The third-order valence-electron chi connectivity index (χ3n) is 7.74. The van der Waals surface area contributed by atoms with Crippen molar-refractivity contribution in [3.05, 3.63) is 76.7 Å². The van der Waals surface area contributed by atoms with E-state index in [-0.39, 0.29) is 11.7 Å². The Morgan fingerprint density at radius 3 is 2.48 bits per heavy atom. The third-order valence-corrected chi connectivity index (χ3v) is 7.99. The van der Waals surface area contributed by atoms with Gasteiger partial charge in [-0.05, 0) is 96.9 Å². The molecule has 3 aromatic rings. The van der Waals surface area contributed by atoms with Gasteiger partial charge >= 0.3 is 0 Å². The number of ketones is 1. The molecule has 5 atom stereocenters. The van der Waals surface area contributed by atoms with E-state index < -0.39 is 0 Å². The Kier molecular flexibility index (Phi) is 5.56. The first-order valence-electron chi connectivity index (χ1n) is 11.3. The van der Waals surface area contributed by atoms with Crippen LogP contribution in [0.15, 0.2) is 54.7 Å². The Bertz CT molecular complexity index is 1100. The summed E-state index contributed by atoms with van der Waals surface area (Å²) in [5.74, 6) is 2.49. The lowest BCUT2D eigenvalue weighted by molar-refractivity contribution is -0.123. The van der Waals surface area contributed by atoms with Gasteiger partial charge in [0.25, 0.3) is 0 Å². The van der Waals surface area contributed by atoms with Crippen LogP contribution in [0, 0.1) is 29.5 Å². The van der Waals surface area contributed by atoms with E-state index in [0.717, 1.165) is 42.1 Å². The molecule has 0 spiro atoms. The summed E-state index contributed by atoms with van der Waals surface area (Å²) in [7, 11) is 0. The maximum absolute atomic E-state index is 13.9. The Hall–Kier alpha value is -2.26. The number of hydrogen-bond donors (Lipinski definition) is 0. The minimum atomic E-state index is -0.201. The summed E-state index contributed by atoms with van der Waals surface area (Å²) in [4.78, 5) is 17.3. The van der Waals surface area contributed by atoms with E-state index in [9.17, 15) is 9.18 Å². The van der Waals surface area contributed by atoms with E-state index in [1.165, 1.54) is 11.6 Å². The number of carbonyl (C=O) groups excluding carboxylic acids is 1. The number of halogens is 2. The molecule has 2 aliphatic rings. The molecule has 1 aromatic heterocycles. The predicted molar refractivity (Wildman–Crippen MR) is 123 cm³/mol. The molecule has 2 fully saturated rings. The molecular formula is C27H27ClFNO. The van der Waals surface area contributed by atoms with Crippen LogP contribution in [0.5, 0.6) is 0 Å². The fraction of sp³-hybridized carbons (Fsp3) is 0.407. The number of pyridine rings is 1. The monoisotopic (exact) mass is 435 g/mol. The second-order valence-corrected chi connectivity index (χ2v) is 9.98. The van der Waals surface area contributed by atoms with E-state index in [1.807, 2.05) is 30.5 Å². The van der Waals surface area contributed by atoms with Gasteiger partial charge in [0.2, 0.25) is 0 Å². The van der Waals surface area contributed by atoms with E-state index in [4.69, 9.17) is 11.6 Å². The quantitative estimate of drug-likeness (QED) is 0.432. The number of carbonyl (C=O) groups is 1. The molecule has 0 aliphatic heterocycles. The third kappa shape index (κ3) is 4.13. The number of benzene rings is 2. The Labute approximate surface area is 187 Å². The zero-order valence-corrected chi connectivity index (χ0v) is 18.5. The summed E-state index contributed by atoms with van der Waals surface area (Å²) in [5, 5.41) is 1.66. The van der Waals surface area contributed by atoms with Crippen LogP contribution >= 0.6 is 11.6 Å². The number of Topliss-reactive ketones (excluding diaryl/α,β-unsaturated/α-hetero) is 1. The highest BCUT2D eigenvalue weighted by Gasteiger charge is 2.44. The van der Waals surface area contributed by atoms with E-state index in [1.54, 1.807) is 12.1 Å². The maximum atomic E-state index is 13.9. The summed E-state index contributed by atoms with van der Waals surface area (Å²) in [6.07, 6.45) is 6.87. The van der Waals surface area contributed by atoms with Gasteiger partial charge in [0.05, 0.1) is 5.52 Å². The van der Waals surface area contributed by atoms with Gasteiger partial charge in [-0.15, -0.1) is 0 Å². The highest BCUT2D eigenvalue weighted by atomic mass is 35.5. The van der Waals surface area contributed by atoms with Gasteiger partial charge < -0.3 is 0 Å². The molecule has 0 bridgehead atoms. The van der Waals surface area contributed by atoms with Crippen LogP contribution in [0.1, 0.15) is 49.7 Å². The van der Waals surface area contributed by atoms with Crippen molar-refractivity contribution in [3.8, 4) is 0 Å². The van der Waals surface area contributed by atoms with Gasteiger partial charge in [-0.1, -0.05) is 30.7 Å². The van der Waals surface area contributed by atoms with E-state index in [2.05, 4.69) is 18.0 Å². The van der Waals surface area contributed by atoms with Crippen molar-refractivity contribution in [2.75, 3.05) is 0 Å². The number of hydrogen-bond acceptors (Lipinski definition) is 2. The molecule has 0 amide bonds. The summed E-state index contributed by atoms with van der Waals surface area (Å²) in [6, 6.07) is 14.6. The summed E-state index contributed by atoms with van der Waals surface area (Å²) >= 11 is 5.96. The topological polar surface area (TPSA) is 30.0 Å². The molecule has 3 unspecified atom stereocenters. The molecule has 31 heavy (non-hydrogen) atoms. The smallest absolute Gasteiger partial charge is 0.140 e. The highest BCUT2D eigenvalue weighted by Crippen LogP contribution is 2.54. The molecule has 2 saturated carbocycles. The lowest BCUT2D eigenvalue weighted by atomic mass is 9.83. The van der Waals surface area contributed by atoms with Crippen LogP contribution in [0.25, 0.3) is 10.9 Å². The average molecular weight is 436 g/mol. The summed E-state index contributed by atoms with van der Waals surface area (Å²) in [6.45, 7) is 2.11. The van der Waals surface area contributed by atoms with Crippen LogP contribution in [-0.2, 0) is 11.2 Å². The lowest BCUT2D eigenvalue weighted by Gasteiger charge is -2.21. The Balaban J connectivity index is 1.24. The molecular weight excluding hydrogens is 409 g/mol. The van der Waals surface area contributed by atoms with Crippen molar-refractivity contribution >= 4 is 28.3 Å². The molecule has 160 valence electrons. The van der Waals surface area contributed by atoms with E-state index >= 15 is 0 Å². The molecule has 0 N–H and O–H groups in total. The molecule has 0 radical (unpaired) electrons. The summed E-state index contributed by atoms with van der Waals surface area (Å²) < 4.78 is 13.9. The van der Waals surface area contributed by atoms with Crippen molar-refractivity contribution in [1.29, 1.82) is 0 Å². The first-order valence-corrected chi connectivity index (χ1v) is 11.7. The normalized spacial score (nSPS) is 26.2. The van der Waals surface area contributed by atoms with Crippen molar-refractivity contribution < 1.29 is 9.18 Å². The van der Waals surface area contributed by atoms with Crippen molar-refractivity contribution in [2.45, 2.75) is 44.9 Å². The Morgan fingerprint density at radius 1 is 1.06 bits per heavy atom. The average Bonchev–Trinajstić information content (AvgIpc) is 3.33. The fourth-order valence-corrected chi connectivity index (χ4v) is 6.17. The number of fused-ring (bicyclic) bond motifs is 2. The summed E-state index contributed by atoms with van der Waals surface area (Å²) in [5.41, 5.74) is 3.15. The second-order valence-electron chi connectivity index (χ2n) is 9.54.